The van der Waals surface area contributed by atoms with Crippen molar-refractivity contribution in [3.63, 3.8) is 0 Å². The van der Waals surface area contributed by atoms with Gasteiger partial charge in [-0.15, -0.1) is 5.10 Å². The van der Waals surface area contributed by atoms with Crippen LogP contribution in [0.4, 0.5) is 23.1 Å². The molecule has 0 aliphatic carbocycles. The van der Waals surface area contributed by atoms with Gasteiger partial charge in [-0.25, -0.2) is 0 Å². The third kappa shape index (κ3) is 3.98. The van der Waals surface area contributed by atoms with E-state index in [1.54, 1.807) is 18.3 Å². The van der Waals surface area contributed by atoms with Gasteiger partial charge in [0, 0.05) is 16.9 Å². The molecule has 0 saturated heterocycles. The lowest BCUT2D eigenvalue weighted by Gasteiger charge is -2.12. The van der Waals surface area contributed by atoms with Gasteiger partial charge in [0.2, 0.25) is 5.95 Å². The summed E-state index contributed by atoms with van der Waals surface area (Å²) in [6.07, 6.45) is 1.57. The highest BCUT2D eigenvalue weighted by molar-refractivity contribution is 5.95. The zero-order valence-corrected chi connectivity index (χ0v) is 14.4. The Morgan fingerprint density at radius 1 is 1.00 bits per heavy atom. The third-order valence-electron chi connectivity index (χ3n) is 3.82. The molecule has 2 aromatic carbocycles. The molecule has 0 saturated carbocycles. The van der Waals surface area contributed by atoms with Crippen LogP contribution in [0, 0.1) is 13.8 Å². The van der Waals surface area contributed by atoms with Crippen LogP contribution in [0.15, 0.2) is 48.7 Å². The van der Waals surface area contributed by atoms with E-state index < -0.39 is 0 Å². The summed E-state index contributed by atoms with van der Waals surface area (Å²) in [4.78, 5) is 15.9. The van der Waals surface area contributed by atoms with Crippen molar-refractivity contribution >= 4 is 28.9 Å². The van der Waals surface area contributed by atoms with Crippen LogP contribution in [0.3, 0.4) is 0 Å². The van der Waals surface area contributed by atoms with E-state index in [0.29, 0.717) is 17.3 Å². The molecule has 1 heterocycles. The average molecular weight is 333 g/mol. The number of benzene rings is 2. The first kappa shape index (κ1) is 16.6. The predicted molar refractivity (Wildman–Crippen MR) is 98.8 cm³/mol. The van der Waals surface area contributed by atoms with Crippen LogP contribution < -0.4 is 10.6 Å². The number of aryl methyl sites for hydroxylation is 2. The predicted octanol–water partition coefficient (Wildman–Crippen LogP) is 4.18. The molecule has 0 unspecified atom stereocenters. The van der Waals surface area contributed by atoms with E-state index in [0.717, 1.165) is 22.5 Å². The first-order chi connectivity index (χ1) is 12.0. The Morgan fingerprint density at radius 3 is 2.44 bits per heavy atom. The number of hydrogen-bond acceptors (Lipinski definition) is 6. The molecule has 0 bridgehead atoms. The summed E-state index contributed by atoms with van der Waals surface area (Å²) >= 11 is 0. The molecule has 2 N–H and O–H groups in total. The van der Waals surface area contributed by atoms with E-state index >= 15 is 0 Å². The second-order valence-electron chi connectivity index (χ2n) is 5.82. The molecule has 1 aromatic heterocycles. The monoisotopic (exact) mass is 333 g/mol. The molecule has 0 aliphatic heterocycles. The fourth-order valence-electron chi connectivity index (χ4n) is 2.50. The van der Waals surface area contributed by atoms with Gasteiger partial charge in [-0.05, 0) is 44.0 Å². The lowest BCUT2D eigenvalue weighted by atomic mass is 10.1. The van der Waals surface area contributed by atoms with Crippen molar-refractivity contribution in [2.24, 2.45) is 0 Å². The van der Waals surface area contributed by atoms with Crippen molar-refractivity contribution in [2.75, 3.05) is 10.6 Å². The number of carbonyl (C=O) groups excluding carboxylic acids is 1. The van der Waals surface area contributed by atoms with Crippen molar-refractivity contribution in [1.29, 1.82) is 0 Å². The van der Waals surface area contributed by atoms with Crippen molar-refractivity contribution in [3.8, 4) is 0 Å². The molecule has 25 heavy (non-hydrogen) atoms. The fourth-order valence-corrected chi connectivity index (χ4v) is 2.50. The number of nitrogens with zero attached hydrogens (tertiary/aromatic N) is 3. The normalized spacial score (nSPS) is 10.4. The van der Waals surface area contributed by atoms with Crippen molar-refractivity contribution < 1.29 is 4.79 Å². The molecule has 126 valence electrons. The van der Waals surface area contributed by atoms with Gasteiger partial charge >= 0.3 is 0 Å². The Bertz CT molecular complexity index is 903. The number of aromatic nitrogens is 3. The summed E-state index contributed by atoms with van der Waals surface area (Å²) in [7, 11) is 0. The zero-order valence-electron chi connectivity index (χ0n) is 14.4. The van der Waals surface area contributed by atoms with Crippen LogP contribution in [-0.2, 0) is 0 Å². The summed E-state index contributed by atoms with van der Waals surface area (Å²) in [5.74, 6) is 0.961. The van der Waals surface area contributed by atoms with Crippen LogP contribution in [0.5, 0.6) is 0 Å². The highest BCUT2D eigenvalue weighted by Crippen LogP contribution is 2.23. The van der Waals surface area contributed by atoms with Gasteiger partial charge in [-0.2, -0.15) is 10.1 Å². The van der Waals surface area contributed by atoms with E-state index in [2.05, 4.69) is 25.8 Å². The SMILES string of the molecule is CC(=O)c1cccc(Nc2nncc(Nc3c(C)cccc3C)n2)c1. The summed E-state index contributed by atoms with van der Waals surface area (Å²) in [5, 5.41) is 14.4. The van der Waals surface area contributed by atoms with Crippen LogP contribution in [-0.4, -0.2) is 21.0 Å². The van der Waals surface area contributed by atoms with Gasteiger partial charge in [-0.1, -0.05) is 30.3 Å². The first-order valence-electron chi connectivity index (χ1n) is 7.94. The maximum Gasteiger partial charge on any atom is 0.249 e. The number of anilines is 4. The van der Waals surface area contributed by atoms with E-state index in [4.69, 9.17) is 0 Å². The Labute approximate surface area is 146 Å². The highest BCUT2D eigenvalue weighted by Gasteiger charge is 2.07. The quantitative estimate of drug-likeness (QED) is 0.682. The zero-order chi connectivity index (χ0) is 17.8. The minimum Gasteiger partial charge on any atom is -0.338 e. The molecular formula is C19H19N5O. The summed E-state index contributed by atoms with van der Waals surface area (Å²) in [6, 6.07) is 13.3. The molecule has 3 rings (SSSR count). The van der Waals surface area contributed by atoms with Gasteiger partial charge in [-0.3, -0.25) is 4.79 Å². The number of ketones is 1. The van der Waals surface area contributed by atoms with E-state index in [-0.39, 0.29) is 5.78 Å². The second kappa shape index (κ2) is 7.09. The summed E-state index contributed by atoms with van der Waals surface area (Å²) < 4.78 is 0. The molecular weight excluding hydrogens is 314 g/mol. The molecule has 0 fully saturated rings. The lowest BCUT2D eigenvalue weighted by molar-refractivity contribution is 0.101. The minimum absolute atomic E-state index is 0.00754. The number of hydrogen-bond donors (Lipinski definition) is 2. The Balaban J connectivity index is 1.82. The maximum absolute atomic E-state index is 11.5. The Kier molecular flexibility index (Phi) is 4.70. The van der Waals surface area contributed by atoms with Crippen LogP contribution in [0.1, 0.15) is 28.4 Å². The molecule has 6 heteroatoms. The number of Topliss-reactive ketones (excluding diaryl/α,β-unsaturated/α-hetero) is 1. The fraction of sp³-hybridized carbons (Fsp3) is 0.158. The first-order valence-corrected chi connectivity index (χ1v) is 7.94. The van der Waals surface area contributed by atoms with Crippen LogP contribution >= 0.6 is 0 Å². The minimum atomic E-state index is 0.00754. The lowest BCUT2D eigenvalue weighted by Crippen LogP contribution is -2.04. The number of rotatable bonds is 5. The summed E-state index contributed by atoms with van der Waals surface area (Å²) in [5.41, 5.74) is 4.62. The Hall–Kier alpha value is -3.28. The third-order valence-corrected chi connectivity index (χ3v) is 3.82. The number of nitrogens with one attached hydrogen (secondary N) is 2. The van der Waals surface area contributed by atoms with Crippen molar-refractivity contribution in [3.05, 3.63) is 65.4 Å². The number of para-hydroxylation sites is 1. The van der Waals surface area contributed by atoms with Gasteiger partial charge in [0.15, 0.2) is 11.6 Å². The molecule has 0 atom stereocenters. The van der Waals surface area contributed by atoms with Gasteiger partial charge in [0.1, 0.15) is 0 Å². The van der Waals surface area contributed by atoms with E-state index in [9.17, 15) is 4.79 Å². The van der Waals surface area contributed by atoms with Gasteiger partial charge in [0.25, 0.3) is 0 Å². The molecule has 0 radical (unpaired) electrons. The van der Waals surface area contributed by atoms with Crippen molar-refractivity contribution in [2.45, 2.75) is 20.8 Å². The maximum atomic E-state index is 11.5. The molecule has 0 spiro atoms. The highest BCUT2D eigenvalue weighted by atomic mass is 16.1. The molecule has 6 nitrogen and oxygen atoms in total. The van der Waals surface area contributed by atoms with Gasteiger partial charge in [0.05, 0.1) is 6.20 Å². The Morgan fingerprint density at radius 2 is 1.72 bits per heavy atom. The molecule has 0 amide bonds. The smallest absolute Gasteiger partial charge is 0.249 e. The van der Waals surface area contributed by atoms with E-state index in [1.807, 2.05) is 44.2 Å². The van der Waals surface area contributed by atoms with Crippen LogP contribution in [0.2, 0.25) is 0 Å². The topological polar surface area (TPSA) is 79.8 Å². The second-order valence-corrected chi connectivity index (χ2v) is 5.82. The molecule has 0 aliphatic rings. The summed E-state index contributed by atoms with van der Waals surface area (Å²) in [6.45, 7) is 5.61. The van der Waals surface area contributed by atoms with Crippen molar-refractivity contribution in [1.82, 2.24) is 15.2 Å². The standard InChI is InChI=1S/C19H19N5O/c1-12-6-4-7-13(2)18(12)22-17-11-20-24-19(23-17)21-16-9-5-8-15(10-16)14(3)25/h4-11H,1-3H3,(H2,21,22,23,24). The number of carbonyl (C=O) groups is 1. The average Bonchev–Trinajstić information content (AvgIpc) is 2.59. The largest absolute Gasteiger partial charge is 0.338 e. The molecule has 3 aromatic rings. The van der Waals surface area contributed by atoms with E-state index in [1.165, 1.54) is 6.92 Å². The van der Waals surface area contributed by atoms with Crippen LogP contribution in [0.25, 0.3) is 0 Å². The van der Waals surface area contributed by atoms with Gasteiger partial charge < -0.3 is 10.6 Å².